The average molecular weight is 350 g/mol. The van der Waals surface area contributed by atoms with Crippen molar-refractivity contribution < 1.29 is 14.2 Å². The van der Waals surface area contributed by atoms with Crippen LogP contribution in [0.25, 0.3) is 0 Å². The zero-order chi connectivity index (χ0) is 17.7. The molecule has 134 valence electrons. The van der Waals surface area contributed by atoms with Crippen molar-refractivity contribution in [1.82, 2.24) is 5.01 Å². The summed E-state index contributed by atoms with van der Waals surface area (Å²) in [5.74, 6) is 3.12. The van der Waals surface area contributed by atoms with Crippen LogP contribution in [0.3, 0.4) is 0 Å². The molecule has 0 radical (unpaired) electrons. The number of hydrazone groups is 1. The largest absolute Gasteiger partial charge is 0.469 e. The summed E-state index contributed by atoms with van der Waals surface area (Å²) < 4.78 is 17.2. The normalized spacial score (nSPS) is 22.7. The number of hydrogen-bond acceptors (Lipinski definition) is 5. The third kappa shape index (κ3) is 2.50. The number of hydrogen-bond donors (Lipinski definition) is 0. The van der Waals surface area contributed by atoms with Crippen LogP contribution in [0.4, 0.5) is 0 Å². The van der Waals surface area contributed by atoms with Crippen molar-refractivity contribution in [2.24, 2.45) is 11.0 Å². The molecule has 0 saturated heterocycles. The Morgan fingerprint density at radius 3 is 2.81 bits per heavy atom. The van der Waals surface area contributed by atoms with Crippen molar-refractivity contribution in [2.75, 3.05) is 6.79 Å². The lowest BCUT2D eigenvalue weighted by molar-refractivity contribution is -0.0291. The minimum Gasteiger partial charge on any atom is -0.469 e. The van der Waals surface area contributed by atoms with Crippen LogP contribution < -0.4 is 14.2 Å². The SMILES string of the molecule is CC(C)C[C@H]1Oc2ccccc2[C@@H]2CC(c3ccc4c(c3)OCO4)=NN12. The fourth-order valence-corrected chi connectivity index (χ4v) is 3.92. The minimum absolute atomic E-state index is 0.0265. The fraction of sp³-hybridized carbons (Fsp3) is 0.381. The molecule has 0 aliphatic carbocycles. The summed E-state index contributed by atoms with van der Waals surface area (Å²) in [7, 11) is 0. The van der Waals surface area contributed by atoms with Crippen molar-refractivity contribution in [1.29, 1.82) is 0 Å². The van der Waals surface area contributed by atoms with Gasteiger partial charge in [0, 0.05) is 24.0 Å². The first kappa shape index (κ1) is 15.6. The van der Waals surface area contributed by atoms with Crippen LogP contribution in [0, 0.1) is 5.92 Å². The van der Waals surface area contributed by atoms with Gasteiger partial charge in [0.05, 0.1) is 11.8 Å². The van der Waals surface area contributed by atoms with E-state index in [0.717, 1.165) is 41.4 Å². The first-order valence-electron chi connectivity index (χ1n) is 9.20. The van der Waals surface area contributed by atoms with Crippen LogP contribution >= 0.6 is 0 Å². The highest BCUT2D eigenvalue weighted by molar-refractivity contribution is 6.02. The maximum atomic E-state index is 6.29. The van der Waals surface area contributed by atoms with Gasteiger partial charge >= 0.3 is 0 Å². The Labute approximate surface area is 153 Å². The van der Waals surface area contributed by atoms with Gasteiger partial charge in [-0.1, -0.05) is 32.0 Å². The Bertz CT molecular complexity index is 877. The molecule has 3 heterocycles. The number of ether oxygens (including phenoxy) is 3. The van der Waals surface area contributed by atoms with E-state index in [9.17, 15) is 0 Å². The summed E-state index contributed by atoms with van der Waals surface area (Å²) in [4.78, 5) is 0. The van der Waals surface area contributed by atoms with Gasteiger partial charge in [0.1, 0.15) is 5.75 Å². The maximum Gasteiger partial charge on any atom is 0.231 e. The molecular formula is C21H22N2O3. The highest BCUT2D eigenvalue weighted by Crippen LogP contribution is 2.44. The third-order valence-electron chi connectivity index (χ3n) is 5.16. The molecule has 0 aromatic heterocycles. The molecule has 2 aromatic carbocycles. The highest BCUT2D eigenvalue weighted by atomic mass is 16.7. The number of nitrogens with zero attached hydrogens (tertiary/aromatic N) is 2. The van der Waals surface area contributed by atoms with E-state index in [1.807, 2.05) is 18.2 Å². The molecule has 0 bridgehead atoms. The Kier molecular flexibility index (Phi) is 3.55. The van der Waals surface area contributed by atoms with E-state index in [1.54, 1.807) is 0 Å². The molecule has 26 heavy (non-hydrogen) atoms. The number of para-hydroxylation sites is 1. The smallest absolute Gasteiger partial charge is 0.231 e. The van der Waals surface area contributed by atoms with Crippen molar-refractivity contribution in [3.63, 3.8) is 0 Å². The molecule has 2 atom stereocenters. The topological polar surface area (TPSA) is 43.3 Å². The molecule has 5 heteroatoms. The second-order valence-corrected chi connectivity index (χ2v) is 7.45. The van der Waals surface area contributed by atoms with Crippen LogP contribution in [0.5, 0.6) is 17.2 Å². The summed E-state index contributed by atoms with van der Waals surface area (Å²) in [5.41, 5.74) is 3.37. The molecule has 0 unspecified atom stereocenters. The fourth-order valence-electron chi connectivity index (χ4n) is 3.92. The van der Waals surface area contributed by atoms with E-state index < -0.39 is 0 Å². The lowest BCUT2D eigenvalue weighted by Crippen LogP contribution is -2.41. The molecule has 0 saturated carbocycles. The summed E-state index contributed by atoms with van der Waals surface area (Å²) in [6, 6.07) is 14.6. The van der Waals surface area contributed by atoms with Gasteiger partial charge in [-0.05, 0) is 30.2 Å². The Morgan fingerprint density at radius 1 is 1.08 bits per heavy atom. The van der Waals surface area contributed by atoms with E-state index in [-0.39, 0.29) is 19.1 Å². The van der Waals surface area contributed by atoms with Gasteiger partial charge in [-0.3, -0.25) is 5.01 Å². The van der Waals surface area contributed by atoms with Crippen molar-refractivity contribution >= 4 is 5.71 Å². The molecule has 0 spiro atoms. The Hall–Kier alpha value is -2.69. The zero-order valence-electron chi connectivity index (χ0n) is 15.0. The maximum absolute atomic E-state index is 6.29. The van der Waals surface area contributed by atoms with Gasteiger partial charge in [-0.15, -0.1) is 0 Å². The van der Waals surface area contributed by atoms with Crippen molar-refractivity contribution in [2.45, 2.75) is 39.0 Å². The van der Waals surface area contributed by atoms with Crippen LogP contribution in [-0.4, -0.2) is 23.7 Å². The van der Waals surface area contributed by atoms with Crippen molar-refractivity contribution in [3.8, 4) is 17.2 Å². The van der Waals surface area contributed by atoms with Gasteiger partial charge in [-0.2, -0.15) is 5.10 Å². The number of benzene rings is 2. The number of rotatable bonds is 3. The molecule has 5 nitrogen and oxygen atoms in total. The standard InChI is InChI=1S/C21H22N2O3/c1-13(2)9-21-23-17(15-5-3-4-6-18(15)26-21)11-16(22-23)14-7-8-19-20(10-14)25-12-24-19/h3-8,10,13,17,21H,9,11-12H2,1-2H3/t17-,21+/m0/s1. The van der Waals surface area contributed by atoms with E-state index in [0.29, 0.717) is 5.92 Å². The summed E-state index contributed by atoms with van der Waals surface area (Å²) in [5, 5.41) is 7.12. The highest BCUT2D eigenvalue weighted by Gasteiger charge is 2.40. The van der Waals surface area contributed by atoms with Crippen molar-refractivity contribution in [3.05, 3.63) is 53.6 Å². The van der Waals surface area contributed by atoms with E-state index in [2.05, 4.69) is 43.1 Å². The minimum atomic E-state index is -0.0265. The van der Waals surface area contributed by atoms with Gasteiger partial charge in [0.15, 0.2) is 17.7 Å². The molecule has 3 aliphatic heterocycles. The summed E-state index contributed by atoms with van der Waals surface area (Å²) in [6.07, 6.45) is 1.79. The molecule has 2 aromatic rings. The van der Waals surface area contributed by atoms with Gasteiger partial charge < -0.3 is 14.2 Å². The second kappa shape index (κ2) is 5.94. The Morgan fingerprint density at radius 2 is 1.92 bits per heavy atom. The molecular weight excluding hydrogens is 328 g/mol. The first-order valence-corrected chi connectivity index (χ1v) is 9.20. The predicted molar refractivity (Wildman–Crippen MR) is 98.6 cm³/mol. The van der Waals surface area contributed by atoms with Gasteiger partial charge in [0.2, 0.25) is 6.79 Å². The average Bonchev–Trinajstić information content (AvgIpc) is 3.28. The monoisotopic (exact) mass is 350 g/mol. The Balaban J connectivity index is 1.51. The molecule has 3 aliphatic rings. The summed E-state index contributed by atoms with van der Waals surface area (Å²) >= 11 is 0. The lowest BCUT2D eigenvalue weighted by Gasteiger charge is -2.38. The second-order valence-electron chi connectivity index (χ2n) is 7.45. The van der Waals surface area contributed by atoms with E-state index in [1.165, 1.54) is 5.56 Å². The van der Waals surface area contributed by atoms with Crippen LogP contribution in [0.1, 0.15) is 43.9 Å². The number of fused-ring (bicyclic) bond motifs is 4. The third-order valence-corrected chi connectivity index (χ3v) is 5.16. The van der Waals surface area contributed by atoms with E-state index >= 15 is 0 Å². The zero-order valence-corrected chi connectivity index (χ0v) is 15.0. The molecule has 0 N–H and O–H groups in total. The van der Waals surface area contributed by atoms with Gasteiger partial charge in [-0.25, -0.2) is 0 Å². The molecule has 0 amide bonds. The van der Waals surface area contributed by atoms with Crippen LogP contribution in [0.2, 0.25) is 0 Å². The van der Waals surface area contributed by atoms with Crippen LogP contribution in [-0.2, 0) is 0 Å². The predicted octanol–water partition coefficient (Wildman–Crippen LogP) is 4.33. The quantitative estimate of drug-likeness (QED) is 0.826. The van der Waals surface area contributed by atoms with Crippen LogP contribution in [0.15, 0.2) is 47.6 Å². The van der Waals surface area contributed by atoms with Gasteiger partial charge in [0.25, 0.3) is 0 Å². The van der Waals surface area contributed by atoms with E-state index in [4.69, 9.17) is 19.3 Å². The summed E-state index contributed by atoms with van der Waals surface area (Å²) in [6.45, 7) is 4.73. The first-order chi connectivity index (χ1) is 12.7. The molecule has 5 rings (SSSR count). The lowest BCUT2D eigenvalue weighted by atomic mass is 9.95. The molecule has 0 fully saturated rings.